The fourth-order valence-electron chi connectivity index (χ4n) is 2.95. The minimum atomic E-state index is -0.627. The third-order valence-corrected chi connectivity index (χ3v) is 5.54. The van der Waals surface area contributed by atoms with Crippen molar-refractivity contribution in [1.29, 1.82) is 0 Å². The van der Waals surface area contributed by atoms with Crippen molar-refractivity contribution < 1.29 is 14.4 Å². The maximum atomic E-state index is 12.6. The minimum absolute atomic E-state index is 0.140. The zero-order valence-corrected chi connectivity index (χ0v) is 17.2. The van der Waals surface area contributed by atoms with E-state index in [-0.39, 0.29) is 12.2 Å². The summed E-state index contributed by atoms with van der Waals surface area (Å²) in [6.07, 6.45) is 1.62. The predicted octanol–water partition coefficient (Wildman–Crippen LogP) is 4.60. The summed E-state index contributed by atoms with van der Waals surface area (Å²) in [5, 5.41) is 7.70. The molecule has 4 amide bonds. The van der Waals surface area contributed by atoms with Crippen LogP contribution in [-0.4, -0.2) is 29.3 Å². The molecule has 2 N–H and O–H groups in total. The van der Waals surface area contributed by atoms with E-state index >= 15 is 0 Å². The first-order valence-electron chi connectivity index (χ1n) is 9.03. The number of halogens is 1. The van der Waals surface area contributed by atoms with Crippen LogP contribution in [0, 0.1) is 0 Å². The molecule has 30 heavy (non-hydrogen) atoms. The van der Waals surface area contributed by atoms with Gasteiger partial charge in [0.2, 0.25) is 5.91 Å². The topological polar surface area (TPSA) is 78.5 Å². The number of imide groups is 1. The summed E-state index contributed by atoms with van der Waals surface area (Å²) < 4.78 is 0. The Labute approximate surface area is 181 Å². The number of anilines is 1. The fourth-order valence-corrected chi connectivity index (χ4v) is 3.92. The molecule has 0 radical (unpaired) electrons. The third kappa shape index (κ3) is 4.42. The summed E-state index contributed by atoms with van der Waals surface area (Å²) >= 11 is 7.28. The van der Waals surface area contributed by atoms with Crippen LogP contribution in [0.3, 0.4) is 0 Å². The van der Waals surface area contributed by atoms with Gasteiger partial charge in [0, 0.05) is 15.6 Å². The normalized spacial score (nSPS) is 14.8. The van der Waals surface area contributed by atoms with Crippen LogP contribution in [0.2, 0.25) is 5.02 Å². The molecule has 0 spiro atoms. The molecule has 0 unspecified atom stereocenters. The van der Waals surface area contributed by atoms with Crippen LogP contribution in [0.25, 0.3) is 17.2 Å². The van der Waals surface area contributed by atoms with Crippen LogP contribution >= 0.6 is 22.9 Å². The van der Waals surface area contributed by atoms with Crippen molar-refractivity contribution in [2.45, 2.75) is 0 Å². The molecule has 1 aliphatic rings. The molecule has 150 valence electrons. The number of rotatable bonds is 5. The minimum Gasteiger partial charge on any atom is -0.325 e. The second-order valence-corrected chi connectivity index (χ2v) is 7.92. The second-order valence-electron chi connectivity index (χ2n) is 6.54. The molecule has 1 aromatic heterocycles. The number of urea groups is 1. The van der Waals surface area contributed by atoms with Gasteiger partial charge < -0.3 is 10.6 Å². The molecule has 6 nitrogen and oxygen atoms in total. The van der Waals surface area contributed by atoms with Crippen molar-refractivity contribution in [3.8, 4) is 11.1 Å². The average Bonchev–Trinajstić information content (AvgIpc) is 3.31. The monoisotopic (exact) mass is 437 g/mol. The van der Waals surface area contributed by atoms with Gasteiger partial charge in [-0.2, -0.15) is 0 Å². The molecule has 1 aliphatic heterocycles. The van der Waals surface area contributed by atoms with Crippen LogP contribution < -0.4 is 10.6 Å². The van der Waals surface area contributed by atoms with Crippen LogP contribution in [0.4, 0.5) is 10.5 Å². The SMILES string of the molecule is O=C(CN1C(=O)N/C(=C\c2cc(-c3ccccc3)cs2)C1=O)Nc1ccc(Cl)cc1. The van der Waals surface area contributed by atoms with Crippen molar-refractivity contribution in [3.05, 3.63) is 81.6 Å². The molecule has 2 aromatic carbocycles. The Bertz CT molecular complexity index is 1140. The summed E-state index contributed by atoms with van der Waals surface area (Å²) in [5.41, 5.74) is 2.77. The molecule has 2 heterocycles. The quantitative estimate of drug-likeness (QED) is 0.452. The van der Waals surface area contributed by atoms with Crippen molar-refractivity contribution in [2.75, 3.05) is 11.9 Å². The van der Waals surface area contributed by atoms with Crippen molar-refractivity contribution in [2.24, 2.45) is 0 Å². The first-order valence-corrected chi connectivity index (χ1v) is 10.3. The Kier molecular flexibility index (Phi) is 5.65. The van der Waals surface area contributed by atoms with Gasteiger partial charge in [-0.15, -0.1) is 11.3 Å². The molecule has 0 saturated carbocycles. The number of benzene rings is 2. The highest BCUT2D eigenvalue weighted by Gasteiger charge is 2.35. The lowest BCUT2D eigenvalue weighted by atomic mass is 10.1. The van der Waals surface area contributed by atoms with E-state index in [1.54, 1.807) is 30.3 Å². The molecule has 0 atom stereocenters. The van der Waals surface area contributed by atoms with E-state index in [2.05, 4.69) is 10.6 Å². The molecule has 3 aromatic rings. The number of thiophene rings is 1. The molecule has 4 rings (SSSR count). The van der Waals surface area contributed by atoms with Gasteiger partial charge in [0.25, 0.3) is 5.91 Å². The van der Waals surface area contributed by atoms with E-state index in [1.807, 2.05) is 41.8 Å². The predicted molar refractivity (Wildman–Crippen MR) is 118 cm³/mol. The van der Waals surface area contributed by atoms with Crippen LogP contribution in [0.15, 0.2) is 71.7 Å². The van der Waals surface area contributed by atoms with E-state index in [0.717, 1.165) is 20.9 Å². The molecule has 0 bridgehead atoms. The average molecular weight is 438 g/mol. The van der Waals surface area contributed by atoms with Crippen molar-refractivity contribution >= 4 is 52.5 Å². The van der Waals surface area contributed by atoms with Gasteiger partial charge in [0.05, 0.1) is 0 Å². The number of carbonyl (C=O) groups excluding carboxylic acids is 3. The Hall–Kier alpha value is -3.42. The van der Waals surface area contributed by atoms with E-state index in [1.165, 1.54) is 11.3 Å². The summed E-state index contributed by atoms with van der Waals surface area (Å²) in [6.45, 7) is -0.385. The molecule has 0 aliphatic carbocycles. The summed E-state index contributed by atoms with van der Waals surface area (Å²) in [5.74, 6) is -1.02. The highest BCUT2D eigenvalue weighted by molar-refractivity contribution is 7.11. The largest absolute Gasteiger partial charge is 0.329 e. The highest BCUT2D eigenvalue weighted by Crippen LogP contribution is 2.27. The number of nitrogens with zero attached hydrogens (tertiary/aromatic N) is 1. The Morgan fingerprint density at radius 1 is 1.07 bits per heavy atom. The summed E-state index contributed by atoms with van der Waals surface area (Å²) in [6, 6.07) is 17.7. The van der Waals surface area contributed by atoms with Gasteiger partial charge in [0.15, 0.2) is 0 Å². The van der Waals surface area contributed by atoms with Crippen LogP contribution in [0.1, 0.15) is 4.88 Å². The number of amides is 4. The standard InChI is InChI=1S/C22H16ClN3O3S/c23-16-6-8-17(9-7-16)24-20(27)12-26-21(28)19(25-22(26)29)11-18-10-15(13-30-18)14-4-2-1-3-5-14/h1-11,13H,12H2,(H,24,27)(H,25,29)/b19-11-. The number of carbonyl (C=O) groups is 3. The van der Waals surface area contributed by atoms with E-state index in [4.69, 9.17) is 11.6 Å². The van der Waals surface area contributed by atoms with Gasteiger partial charge in [0.1, 0.15) is 12.2 Å². The maximum absolute atomic E-state index is 12.6. The lowest BCUT2D eigenvalue weighted by molar-refractivity contribution is -0.127. The highest BCUT2D eigenvalue weighted by atomic mass is 35.5. The molecular weight excluding hydrogens is 422 g/mol. The smallest absolute Gasteiger partial charge is 0.325 e. The van der Waals surface area contributed by atoms with Gasteiger partial charge in [-0.25, -0.2) is 9.69 Å². The first kappa shape index (κ1) is 19.9. The molecular formula is C22H16ClN3O3S. The van der Waals surface area contributed by atoms with E-state index < -0.39 is 17.8 Å². The Balaban J connectivity index is 1.44. The molecule has 1 fully saturated rings. The second kappa shape index (κ2) is 8.52. The van der Waals surface area contributed by atoms with Gasteiger partial charge in [-0.3, -0.25) is 9.59 Å². The van der Waals surface area contributed by atoms with Crippen molar-refractivity contribution in [1.82, 2.24) is 10.2 Å². The van der Waals surface area contributed by atoms with Gasteiger partial charge >= 0.3 is 6.03 Å². The van der Waals surface area contributed by atoms with E-state index in [9.17, 15) is 14.4 Å². The first-order chi connectivity index (χ1) is 14.5. The van der Waals surface area contributed by atoms with E-state index in [0.29, 0.717) is 10.7 Å². The lowest BCUT2D eigenvalue weighted by Crippen LogP contribution is -2.38. The Morgan fingerprint density at radius 3 is 2.53 bits per heavy atom. The number of hydrogen-bond acceptors (Lipinski definition) is 4. The van der Waals surface area contributed by atoms with Crippen molar-refractivity contribution in [3.63, 3.8) is 0 Å². The molecule has 1 saturated heterocycles. The zero-order chi connectivity index (χ0) is 21.1. The van der Waals surface area contributed by atoms with Crippen LogP contribution in [-0.2, 0) is 9.59 Å². The third-order valence-electron chi connectivity index (χ3n) is 4.41. The Morgan fingerprint density at radius 2 is 1.80 bits per heavy atom. The number of nitrogens with one attached hydrogen (secondary N) is 2. The van der Waals surface area contributed by atoms with Gasteiger partial charge in [-0.1, -0.05) is 41.9 Å². The summed E-state index contributed by atoms with van der Waals surface area (Å²) in [7, 11) is 0. The zero-order valence-electron chi connectivity index (χ0n) is 15.6. The number of hydrogen-bond donors (Lipinski definition) is 2. The molecule has 8 heteroatoms. The van der Waals surface area contributed by atoms with Crippen LogP contribution in [0.5, 0.6) is 0 Å². The maximum Gasteiger partial charge on any atom is 0.329 e. The fraction of sp³-hybridized carbons (Fsp3) is 0.0455. The lowest BCUT2D eigenvalue weighted by Gasteiger charge is -2.11. The summed E-state index contributed by atoms with van der Waals surface area (Å²) in [4.78, 5) is 38.8. The van der Waals surface area contributed by atoms with Gasteiger partial charge in [-0.05, 0) is 52.9 Å².